The monoisotopic (exact) mass is 364 g/mol. The van der Waals surface area contributed by atoms with Gasteiger partial charge in [0.2, 0.25) is 0 Å². The van der Waals surface area contributed by atoms with Crippen molar-refractivity contribution in [3.05, 3.63) is 47.1 Å². The number of halogens is 1. The lowest BCUT2D eigenvalue weighted by Gasteiger charge is -2.14. The van der Waals surface area contributed by atoms with Crippen molar-refractivity contribution >= 4 is 29.3 Å². The summed E-state index contributed by atoms with van der Waals surface area (Å²) in [5.41, 5.74) is 0.209. The summed E-state index contributed by atoms with van der Waals surface area (Å²) in [5, 5.41) is 2.98. The van der Waals surface area contributed by atoms with E-state index < -0.39 is 18.0 Å². The van der Waals surface area contributed by atoms with Crippen LogP contribution in [0, 0.1) is 0 Å². The van der Waals surface area contributed by atoms with Gasteiger partial charge in [-0.2, -0.15) is 0 Å². The Morgan fingerprint density at radius 2 is 1.76 bits per heavy atom. The second-order valence-electron chi connectivity index (χ2n) is 5.00. The Bertz CT molecular complexity index is 742. The standard InChI is InChI=1S/C17H17ClN2O5/c1-10(16(21)20-15-5-4-12(18)9-19-15)25-17(22)11-6-13(23-2)8-14(7-11)24-3/h4-10H,1-3H3,(H,19,20,21)/t10-/m0/s1. The van der Waals surface area contributed by atoms with Gasteiger partial charge in [-0.05, 0) is 31.2 Å². The zero-order valence-electron chi connectivity index (χ0n) is 13.9. The van der Waals surface area contributed by atoms with E-state index in [2.05, 4.69) is 10.3 Å². The molecule has 8 heteroatoms. The van der Waals surface area contributed by atoms with Crippen LogP contribution in [-0.4, -0.2) is 37.2 Å². The molecule has 0 unspecified atom stereocenters. The van der Waals surface area contributed by atoms with Gasteiger partial charge < -0.3 is 19.5 Å². The number of hydrogen-bond donors (Lipinski definition) is 1. The Kier molecular flexibility index (Phi) is 6.19. The van der Waals surface area contributed by atoms with Gasteiger partial charge in [0, 0.05) is 12.3 Å². The Balaban J connectivity index is 2.03. The number of nitrogens with one attached hydrogen (secondary N) is 1. The van der Waals surface area contributed by atoms with Crippen LogP contribution in [0.3, 0.4) is 0 Å². The fraction of sp³-hybridized carbons (Fsp3) is 0.235. The summed E-state index contributed by atoms with van der Waals surface area (Å²) in [6.07, 6.45) is 0.373. The number of methoxy groups -OCH3 is 2. The predicted molar refractivity (Wildman–Crippen MR) is 92.3 cm³/mol. The number of carbonyl (C=O) groups excluding carboxylic acids is 2. The van der Waals surface area contributed by atoms with Gasteiger partial charge in [-0.1, -0.05) is 11.6 Å². The van der Waals surface area contributed by atoms with Gasteiger partial charge in [-0.3, -0.25) is 4.79 Å². The summed E-state index contributed by atoms with van der Waals surface area (Å²) in [7, 11) is 2.94. The van der Waals surface area contributed by atoms with Crippen LogP contribution in [0.25, 0.3) is 0 Å². The molecule has 0 saturated carbocycles. The maximum Gasteiger partial charge on any atom is 0.339 e. The van der Waals surface area contributed by atoms with E-state index in [0.717, 1.165) is 0 Å². The molecule has 1 N–H and O–H groups in total. The first-order chi connectivity index (χ1) is 11.9. The molecule has 2 rings (SSSR count). The lowest BCUT2D eigenvalue weighted by molar-refractivity contribution is -0.123. The number of pyridine rings is 1. The molecule has 7 nitrogen and oxygen atoms in total. The number of aromatic nitrogens is 1. The molecule has 1 atom stereocenters. The average molecular weight is 365 g/mol. The topological polar surface area (TPSA) is 86.8 Å². The summed E-state index contributed by atoms with van der Waals surface area (Å²) in [6, 6.07) is 7.75. The first-order valence-electron chi connectivity index (χ1n) is 7.29. The Labute approximate surface area is 149 Å². The summed E-state index contributed by atoms with van der Waals surface area (Å²) in [5.74, 6) is -0.00941. The van der Waals surface area contributed by atoms with Crippen LogP contribution < -0.4 is 14.8 Å². The number of ether oxygens (including phenoxy) is 3. The van der Waals surface area contributed by atoms with Crippen molar-refractivity contribution in [3.63, 3.8) is 0 Å². The number of anilines is 1. The van der Waals surface area contributed by atoms with Gasteiger partial charge >= 0.3 is 5.97 Å². The lowest BCUT2D eigenvalue weighted by atomic mass is 10.2. The van der Waals surface area contributed by atoms with Crippen LogP contribution in [0.15, 0.2) is 36.5 Å². The van der Waals surface area contributed by atoms with Crippen LogP contribution in [0.4, 0.5) is 5.82 Å². The molecular weight excluding hydrogens is 348 g/mol. The van der Waals surface area contributed by atoms with Crippen LogP contribution in [0.5, 0.6) is 11.5 Å². The fourth-order valence-corrected chi connectivity index (χ4v) is 2.00. The minimum atomic E-state index is -1.03. The normalized spacial score (nSPS) is 11.4. The molecule has 0 fully saturated rings. The van der Waals surface area contributed by atoms with Crippen molar-refractivity contribution in [2.75, 3.05) is 19.5 Å². The number of esters is 1. The highest BCUT2D eigenvalue weighted by atomic mass is 35.5. The molecule has 0 spiro atoms. The Morgan fingerprint density at radius 3 is 2.28 bits per heavy atom. The zero-order chi connectivity index (χ0) is 18.4. The Hall–Kier alpha value is -2.80. The van der Waals surface area contributed by atoms with Crippen LogP contribution >= 0.6 is 11.6 Å². The molecule has 132 valence electrons. The first-order valence-corrected chi connectivity index (χ1v) is 7.67. The molecule has 0 aliphatic rings. The van der Waals surface area contributed by atoms with E-state index in [9.17, 15) is 9.59 Å². The first kappa shape index (κ1) is 18.5. The van der Waals surface area contributed by atoms with Crippen LogP contribution in [0.1, 0.15) is 17.3 Å². The molecule has 0 bridgehead atoms. The second kappa shape index (κ2) is 8.34. The fourth-order valence-electron chi connectivity index (χ4n) is 1.89. The molecule has 1 aromatic heterocycles. The molecule has 1 amide bonds. The molecule has 1 aromatic carbocycles. The van der Waals surface area contributed by atoms with E-state index >= 15 is 0 Å². The largest absolute Gasteiger partial charge is 0.497 e. The highest BCUT2D eigenvalue weighted by Crippen LogP contribution is 2.23. The van der Waals surface area contributed by atoms with Crippen LogP contribution in [-0.2, 0) is 9.53 Å². The van der Waals surface area contributed by atoms with Gasteiger partial charge in [0.1, 0.15) is 17.3 Å². The van der Waals surface area contributed by atoms with E-state index in [1.165, 1.54) is 39.5 Å². The zero-order valence-corrected chi connectivity index (χ0v) is 14.7. The van der Waals surface area contributed by atoms with E-state index in [4.69, 9.17) is 25.8 Å². The van der Waals surface area contributed by atoms with Gasteiger partial charge in [0.05, 0.1) is 24.8 Å². The average Bonchev–Trinajstić information content (AvgIpc) is 2.62. The number of rotatable bonds is 6. The quantitative estimate of drug-likeness (QED) is 0.793. The SMILES string of the molecule is COc1cc(OC)cc(C(=O)O[C@@H](C)C(=O)Nc2ccc(Cl)cn2)c1. The van der Waals surface area contributed by atoms with Crippen LogP contribution in [0.2, 0.25) is 5.02 Å². The summed E-state index contributed by atoms with van der Waals surface area (Å²) in [4.78, 5) is 28.3. The minimum Gasteiger partial charge on any atom is -0.497 e. The molecule has 1 heterocycles. The second-order valence-corrected chi connectivity index (χ2v) is 5.44. The predicted octanol–water partition coefficient (Wildman–Crippen LogP) is 2.94. The third kappa shape index (κ3) is 5.09. The maximum atomic E-state index is 12.2. The molecule has 25 heavy (non-hydrogen) atoms. The van der Waals surface area contributed by atoms with Crippen molar-refractivity contribution in [1.82, 2.24) is 4.98 Å². The van der Waals surface area contributed by atoms with Crippen molar-refractivity contribution in [3.8, 4) is 11.5 Å². The number of amides is 1. The maximum absolute atomic E-state index is 12.2. The number of nitrogens with zero attached hydrogens (tertiary/aromatic N) is 1. The van der Waals surface area contributed by atoms with E-state index in [0.29, 0.717) is 22.3 Å². The number of hydrogen-bond acceptors (Lipinski definition) is 6. The van der Waals surface area contributed by atoms with Gasteiger partial charge in [0.25, 0.3) is 5.91 Å². The Morgan fingerprint density at radius 1 is 1.12 bits per heavy atom. The molecular formula is C17H17ClN2O5. The van der Waals surface area contributed by atoms with Gasteiger partial charge in [0.15, 0.2) is 6.10 Å². The number of carbonyl (C=O) groups is 2. The lowest BCUT2D eigenvalue weighted by Crippen LogP contribution is -2.30. The highest BCUT2D eigenvalue weighted by molar-refractivity contribution is 6.30. The minimum absolute atomic E-state index is 0.209. The number of benzene rings is 1. The molecule has 0 aliphatic carbocycles. The smallest absolute Gasteiger partial charge is 0.339 e. The third-order valence-electron chi connectivity index (χ3n) is 3.22. The van der Waals surface area contributed by atoms with E-state index in [-0.39, 0.29) is 5.56 Å². The molecule has 2 aromatic rings. The molecule has 0 radical (unpaired) electrons. The van der Waals surface area contributed by atoms with Gasteiger partial charge in [-0.25, -0.2) is 9.78 Å². The van der Waals surface area contributed by atoms with E-state index in [1.807, 2.05) is 0 Å². The highest BCUT2D eigenvalue weighted by Gasteiger charge is 2.20. The summed E-state index contributed by atoms with van der Waals surface area (Å²) in [6.45, 7) is 1.46. The third-order valence-corrected chi connectivity index (χ3v) is 3.44. The van der Waals surface area contributed by atoms with Gasteiger partial charge in [-0.15, -0.1) is 0 Å². The van der Waals surface area contributed by atoms with Crippen molar-refractivity contribution < 1.29 is 23.8 Å². The van der Waals surface area contributed by atoms with Crippen molar-refractivity contribution in [2.45, 2.75) is 13.0 Å². The molecule has 0 saturated heterocycles. The van der Waals surface area contributed by atoms with Crippen molar-refractivity contribution in [1.29, 1.82) is 0 Å². The van der Waals surface area contributed by atoms with E-state index in [1.54, 1.807) is 18.2 Å². The van der Waals surface area contributed by atoms with Crippen molar-refractivity contribution in [2.24, 2.45) is 0 Å². The summed E-state index contributed by atoms with van der Waals surface area (Å²) >= 11 is 5.73. The summed E-state index contributed by atoms with van der Waals surface area (Å²) < 4.78 is 15.4. The molecule has 0 aliphatic heterocycles.